The second kappa shape index (κ2) is 4.54. The SMILES string of the molecule is [N-]=[N+]=NC1([N+](=O)[O-])CN([N+](=O)[O-])CN([N+](=O)[O-])C1. The third-order valence-corrected chi connectivity index (χ3v) is 2.23. The van der Waals surface area contributed by atoms with Crippen molar-refractivity contribution in [2.75, 3.05) is 19.8 Å². The van der Waals surface area contributed by atoms with Gasteiger partial charge in [0.1, 0.15) is 0 Å². The maximum absolute atomic E-state index is 10.8. The van der Waals surface area contributed by atoms with Gasteiger partial charge in [-0.2, -0.15) is 0 Å². The van der Waals surface area contributed by atoms with Crippen molar-refractivity contribution in [3.05, 3.63) is 40.8 Å². The maximum Gasteiger partial charge on any atom is 0.346 e. The predicted molar refractivity (Wildman–Crippen MR) is 51.1 cm³/mol. The van der Waals surface area contributed by atoms with E-state index in [1.807, 2.05) is 0 Å². The highest BCUT2D eigenvalue weighted by atomic mass is 16.7. The molecule has 0 aliphatic carbocycles. The van der Waals surface area contributed by atoms with Gasteiger partial charge in [0.05, 0.1) is 0 Å². The number of hydrogen-bond acceptors (Lipinski definition) is 7. The Morgan fingerprint density at radius 1 is 1.11 bits per heavy atom. The molecule has 0 saturated carbocycles. The highest BCUT2D eigenvalue weighted by Crippen LogP contribution is 2.22. The first-order valence-electron chi connectivity index (χ1n) is 4.31. The number of nitro groups is 3. The van der Waals surface area contributed by atoms with Crippen molar-refractivity contribution < 1.29 is 15.0 Å². The topological polar surface area (TPSA) is 185 Å². The molecule has 0 amide bonds. The largest absolute Gasteiger partial charge is 0.346 e. The fraction of sp³-hybridized carbons (Fsp3) is 1.00. The van der Waals surface area contributed by atoms with Crippen molar-refractivity contribution in [3.63, 3.8) is 0 Å². The van der Waals surface area contributed by atoms with Gasteiger partial charge < -0.3 is 0 Å². The standard InChI is InChI=1S/C4H6N8O6/c5-7-6-4(10(13)14)1-8(11(15)16)3-9(2-4)12(17)18/h1-3H2. The normalized spacial score (nSPS) is 17.8. The average molecular weight is 262 g/mol. The van der Waals surface area contributed by atoms with E-state index in [2.05, 4.69) is 10.0 Å². The van der Waals surface area contributed by atoms with Gasteiger partial charge in [0.2, 0.25) is 6.67 Å². The molecule has 1 heterocycles. The van der Waals surface area contributed by atoms with E-state index in [9.17, 15) is 30.3 Å². The number of azide groups is 1. The first kappa shape index (κ1) is 13.2. The molecule has 1 aliphatic heterocycles. The maximum atomic E-state index is 10.8. The van der Waals surface area contributed by atoms with Crippen LogP contribution in [0.4, 0.5) is 0 Å². The van der Waals surface area contributed by atoms with Crippen LogP contribution in [-0.4, -0.2) is 50.4 Å². The van der Waals surface area contributed by atoms with E-state index >= 15 is 0 Å². The Kier molecular flexibility index (Phi) is 3.32. The second-order valence-corrected chi connectivity index (χ2v) is 3.38. The van der Waals surface area contributed by atoms with Gasteiger partial charge >= 0.3 is 5.66 Å². The number of hydrazine groups is 2. The third-order valence-electron chi connectivity index (χ3n) is 2.23. The van der Waals surface area contributed by atoms with Gasteiger partial charge in [-0.05, 0) is 10.6 Å². The summed E-state index contributed by atoms with van der Waals surface area (Å²) in [5.41, 5.74) is 5.79. The Hall–Kier alpha value is -2.89. The molecular weight excluding hydrogens is 256 g/mol. The van der Waals surface area contributed by atoms with Crippen molar-refractivity contribution in [3.8, 4) is 0 Å². The van der Waals surface area contributed by atoms with E-state index in [0.717, 1.165) is 0 Å². The lowest BCUT2D eigenvalue weighted by Gasteiger charge is -2.31. The summed E-state index contributed by atoms with van der Waals surface area (Å²) in [4.78, 5) is 33.1. The van der Waals surface area contributed by atoms with E-state index < -0.39 is 40.4 Å². The molecule has 0 aromatic rings. The minimum atomic E-state index is -2.47. The zero-order valence-corrected chi connectivity index (χ0v) is 8.65. The molecule has 0 spiro atoms. The first-order chi connectivity index (χ1) is 8.32. The Labute approximate surface area is 97.4 Å². The lowest BCUT2D eigenvalue weighted by Crippen LogP contribution is -2.64. The second-order valence-electron chi connectivity index (χ2n) is 3.38. The van der Waals surface area contributed by atoms with Gasteiger partial charge in [-0.25, -0.2) is 20.2 Å². The molecule has 0 unspecified atom stereocenters. The molecule has 1 saturated heterocycles. The summed E-state index contributed by atoms with van der Waals surface area (Å²) in [6, 6.07) is 0. The van der Waals surface area contributed by atoms with Crippen LogP contribution in [0, 0.1) is 30.3 Å². The summed E-state index contributed by atoms with van der Waals surface area (Å²) in [5, 5.41) is 33.3. The lowest BCUT2D eigenvalue weighted by atomic mass is 10.1. The van der Waals surface area contributed by atoms with Gasteiger partial charge in [0.25, 0.3) is 0 Å². The molecule has 1 rings (SSSR count). The van der Waals surface area contributed by atoms with Crippen LogP contribution in [-0.2, 0) is 0 Å². The molecule has 1 fully saturated rings. The van der Waals surface area contributed by atoms with E-state index in [-0.39, 0.29) is 10.0 Å². The molecule has 14 heteroatoms. The van der Waals surface area contributed by atoms with Gasteiger partial charge in [0, 0.05) is 9.84 Å². The Morgan fingerprint density at radius 2 is 1.56 bits per heavy atom. The van der Waals surface area contributed by atoms with Crippen LogP contribution in [0.2, 0.25) is 0 Å². The Balaban J connectivity index is 3.17. The third kappa shape index (κ3) is 2.27. The lowest BCUT2D eigenvalue weighted by molar-refractivity contribution is -0.743. The van der Waals surface area contributed by atoms with Crippen LogP contribution >= 0.6 is 0 Å². The molecule has 18 heavy (non-hydrogen) atoms. The van der Waals surface area contributed by atoms with Crippen LogP contribution in [0.3, 0.4) is 0 Å². The van der Waals surface area contributed by atoms with Crippen molar-refractivity contribution in [2.45, 2.75) is 5.66 Å². The van der Waals surface area contributed by atoms with Crippen molar-refractivity contribution in [1.82, 2.24) is 10.0 Å². The molecule has 14 nitrogen and oxygen atoms in total. The number of nitrogens with zero attached hydrogens (tertiary/aromatic N) is 8. The molecule has 0 aromatic heterocycles. The van der Waals surface area contributed by atoms with Gasteiger partial charge in [-0.3, -0.25) is 10.1 Å². The summed E-state index contributed by atoms with van der Waals surface area (Å²) in [6.07, 6.45) is 0. The quantitative estimate of drug-likeness (QED) is 0.207. The van der Waals surface area contributed by atoms with E-state index in [4.69, 9.17) is 5.53 Å². The van der Waals surface area contributed by atoms with Crippen LogP contribution in [0.5, 0.6) is 0 Å². The summed E-state index contributed by atoms with van der Waals surface area (Å²) in [7, 11) is 0. The van der Waals surface area contributed by atoms with Crippen LogP contribution in [0.1, 0.15) is 0 Å². The van der Waals surface area contributed by atoms with E-state index in [1.54, 1.807) is 0 Å². The average Bonchev–Trinajstić information content (AvgIpc) is 2.28. The van der Waals surface area contributed by atoms with Gasteiger partial charge in [-0.1, -0.05) is 10.0 Å². The highest BCUT2D eigenvalue weighted by molar-refractivity contribution is 4.85. The van der Waals surface area contributed by atoms with E-state index in [0.29, 0.717) is 0 Å². The fourth-order valence-electron chi connectivity index (χ4n) is 1.44. The minimum absolute atomic E-state index is 0.240. The Morgan fingerprint density at radius 3 is 1.83 bits per heavy atom. The summed E-state index contributed by atoms with van der Waals surface area (Å²) >= 11 is 0. The predicted octanol–water partition coefficient (Wildman–Crippen LogP) is -0.772. The number of hydrogen-bond donors (Lipinski definition) is 0. The molecule has 0 radical (unpaired) electrons. The minimum Gasteiger partial charge on any atom is -0.264 e. The molecular formula is C4H6N8O6. The van der Waals surface area contributed by atoms with Crippen molar-refractivity contribution in [2.24, 2.45) is 5.11 Å². The van der Waals surface area contributed by atoms with Crippen LogP contribution in [0.25, 0.3) is 10.4 Å². The summed E-state index contributed by atoms with van der Waals surface area (Å²) in [5.74, 6) is 0. The first-order valence-corrected chi connectivity index (χ1v) is 4.31. The number of rotatable bonds is 4. The van der Waals surface area contributed by atoms with Gasteiger partial charge in [0.15, 0.2) is 23.2 Å². The molecule has 98 valence electrons. The van der Waals surface area contributed by atoms with Gasteiger partial charge in [-0.15, -0.1) is 0 Å². The molecule has 0 aromatic carbocycles. The zero-order valence-electron chi connectivity index (χ0n) is 8.65. The monoisotopic (exact) mass is 262 g/mol. The Bertz CT molecular complexity index is 417. The molecule has 0 bridgehead atoms. The van der Waals surface area contributed by atoms with Crippen LogP contribution < -0.4 is 0 Å². The van der Waals surface area contributed by atoms with Crippen LogP contribution in [0.15, 0.2) is 5.11 Å². The molecule has 0 atom stereocenters. The van der Waals surface area contributed by atoms with Crippen molar-refractivity contribution >= 4 is 0 Å². The molecule has 1 aliphatic rings. The molecule has 0 N–H and O–H groups in total. The van der Waals surface area contributed by atoms with E-state index in [1.165, 1.54) is 0 Å². The summed E-state index contributed by atoms with van der Waals surface area (Å²) in [6.45, 7) is -2.43. The fourth-order valence-corrected chi connectivity index (χ4v) is 1.44. The highest BCUT2D eigenvalue weighted by Gasteiger charge is 2.55. The van der Waals surface area contributed by atoms with Crippen molar-refractivity contribution in [1.29, 1.82) is 0 Å². The zero-order chi connectivity index (χ0) is 13.9. The summed E-state index contributed by atoms with van der Waals surface area (Å²) < 4.78 is 0. The smallest absolute Gasteiger partial charge is 0.264 e.